The second-order valence-electron chi connectivity index (χ2n) is 6.95. The molecule has 0 saturated carbocycles. The number of rotatable bonds is 4. The van der Waals surface area contributed by atoms with Gasteiger partial charge in [-0.05, 0) is 41.9 Å². The highest BCUT2D eigenvalue weighted by molar-refractivity contribution is 8.08. The summed E-state index contributed by atoms with van der Waals surface area (Å²) in [7, 11) is 1.71. The lowest BCUT2D eigenvalue weighted by molar-refractivity contribution is -0.124. The monoisotopic (exact) mass is 360 g/mol. The van der Waals surface area contributed by atoms with Crippen molar-refractivity contribution in [3.05, 3.63) is 34.4 Å². The van der Waals surface area contributed by atoms with Crippen molar-refractivity contribution in [1.82, 2.24) is 5.01 Å². The fourth-order valence-corrected chi connectivity index (χ4v) is 5.79. The summed E-state index contributed by atoms with van der Waals surface area (Å²) in [4.78, 5) is 14.9. The molecule has 0 aliphatic carbocycles. The normalized spacial score (nSPS) is 20.7. The van der Waals surface area contributed by atoms with E-state index >= 15 is 0 Å². The standard InChI is InChI=1S/C19H24N2OS2/c1-6-9-23-17(14-10-20-21(5)18(14)22)13-7-8-15-16(12(13)2)19(3,4)11-24-15/h7-8,10H,6,9,11H2,1-5H3. The van der Waals surface area contributed by atoms with Crippen molar-refractivity contribution in [1.29, 1.82) is 0 Å². The molecule has 0 aromatic heterocycles. The van der Waals surface area contributed by atoms with Crippen LogP contribution in [0.4, 0.5) is 0 Å². The number of likely N-dealkylation sites (N-methyl/N-ethyl adjacent to an activating group) is 1. The van der Waals surface area contributed by atoms with Crippen LogP contribution in [0.5, 0.6) is 0 Å². The molecule has 0 radical (unpaired) electrons. The summed E-state index contributed by atoms with van der Waals surface area (Å²) < 4.78 is 0. The van der Waals surface area contributed by atoms with Gasteiger partial charge in [-0.15, -0.1) is 23.5 Å². The molecule has 1 aromatic carbocycles. The van der Waals surface area contributed by atoms with Crippen LogP contribution >= 0.6 is 23.5 Å². The number of thioether (sulfide) groups is 2. The van der Waals surface area contributed by atoms with Gasteiger partial charge in [0, 0.05) is 28.0 Å². The number of hydrogen-bond donors (Lipinski definition) is 0. The summed E-state index contributed by atoms with van der Waals surface area (Å²) in [6, 6.07) is 4.41. The number of nitrogens with zero attached hydrogens (tertiary/aromatic N) is 2. The zero-order chi connectivity index (χ0) is 17.5. The van der Waals surface area contributed by atoms with Gasteiger partial charge in [0.2, 0.25) is 0 Å². The quantitative estimate of drug-likeness (QED) is 0.730. The Hall–Kier alpha value is -1.20. The lowest BCUT2D eigenvalue weighted by Crippen LogP contribution is -2.19. The molecule has 5 heteroatoms. The van der Waals surface area contributed by atoms with Crippen LogP contribution < -0.4 is 0 Å². The molecule has 0 N–H and O–H groups in total. The van der Waals surface area contributed by atoms with E-state index in [-0.39, 0.29) is 11.3 Å². The first kappa shape index (κ1) is 17.6. The Morgan fingerprint density at radius 1 is 1.42 bits per heavy atom. The number of hydrogen-bond acceptors (Lipinski definition) is 4. The Balaban J connectivity index is 2.16. The van der Waals surface area contributed by atoms with Crippen LogP contribution in [0, 0.1) is 6.92 Å². The van der Waals surface area contributed by atoms with Gasteiger partial charge in [0.15, 0.2) is 0 Å². The molecule has 2 aliphatic heterocycles. The first-order valence-corrected chi connectivity index (χ1v) is 10.3. The van der Waals surface area contributed by atoms with Crippen molar-refractivity contribution in [3.8, 4) is 0 Å². The Morgan fingerprint density at radius 3 is 2.79 bits per heavy atom. The second-order valence-corrected chi connectivity index (χ2v) is 9.07. The number of carbonyl (C=O) groups is 1. The van der Waals surface area contributed by atoms with E-state index in [9.17, 15) is 4.79 Å². The van der Waals surface area contributed by atoms with E-state index in [2.05, 4.69) is 44.9 Å². The number of benzene rings is 1. The van der Waals surface area contributed by atoms with Crippen LogP contribution in [0.3, 0.4) is 0 Å². The molecule has 0 fully saturated rings. The summed E-state index contributed by atoms with van der Waals surface area (Å²) in [6.45, 7) is 8.99. The third-order valence-corrected chi connectivity index (χ3v) is 7.37. The van der Waals surface area contributed by atoms with Crippen molar-refractivity contribution in [2.24, 2.45) is 5.10 Å². The van der Waals surface area contributed by atoms with E-state index in [4.69, 9.17) is 0 Å². The Labute approximate surface area is 153 Å². The van der Waals surface area contributed by atoms with Gasteiger partial charge in [0.25, 0.3) is 5.91 Å². The van der Waals surface area contributed by atoms with Gasteiger partial charge in [-0.3, -0.25) is 4.79 Å². The highest BCUT2D eigenvalue weighted by Crippen LogP contribution is 2.48. The van der Waals surface area contributed by atoms with Crippen molar-refractivity contribution < 1.29 is 4.79 Å². The molecule has 24 heavy (non-hydrogen) atoms. The molecule has 1 aromatic rings. The summed E-state index contributed by atoms with van der Waals surface area (Å²) in [5.41, 5.74) is 4.84. The smallest absolute Gasteiger partial charge is 0.267 e. The molecular weight excluding hydrogens is 336 g/mol. The van der Waals surface area contributed by atoms with Gasteiger partial charge in [-0.2, -0.15) is 5.10 Å². The van der Waals surface area contributed by atoms with Gasteiger partial charge in [0.05, 0.1) is 11.8 Å². The topological polar surface area (TPSA) is 32.7 Å². The molecule has 1 amide bonds. The van der Waals surface area contributed by atoms with Gasteiger partial charge < -0.3 is 0 Å². The lowest BCUT2D eigenvalue weighted by atomic mass is 9.82. The molecule has 2 aliphatic rings. The molecule has 2 heterocycles. The average molecular weight is 361 g/mol. The highest BCUT2D eigenvalue weighted by Gasteiger charge is 2.34. The molecule has 3 rings (SSSR count). The molecule has 0 spiro atoms. The predicted octanol–water partition coefficient (Wildman–Crippen LogP) is 4.69. The van der Waals surface area contributed by atoms with E-state index in [1.54, 1.807) is 25.0 Å². The lowest BCUT2D eigenvalue weighted by Gasteiger charge is -2.23. The zero-order valence-electron chi connectivity index (χ0n) is 15.0. The van der Waals surface area contributed by atoms with Crippen LogP contribution in [0.2, 0.25) is 0 Å². The van der Waals surface area contributed by atoms with Crippen molar-refractivity contribution in [3.63, 3.8) is 0 Å². The van der Waals surface area contributed by atoms with Crippen molar-refractivity contribution in [2.45, 2.75) is 44.4 Å². The SMILES string of the molecule is CCCSC(=C1C=NN(C)C1=O)c1ccc2c(c1C)C(C)(C)CS2. The average Bonchev–Trinajstić information content (AvgIpc) is 3.03. The number of hydrazone groups is 1. The largest absolute Gasteiger partial charge is 0.276 e. The summed E-state index contributed by atoms with van der Waals surface area (Å²) in [6.07, 6.45) is 2.79. The predicted molar refractivity (Wildman–Crippen MR) is 106 cm³/mol. The summed E-state index contributed by atoms with van der Waals surface area (Å²) in [5, 5.41) is 5.59. The van der Waals surface area contributed by atoms with E-state index in [0.717, 1.165) is 28.4 Å². The van der Waals surface area contributed by atoms with E-state index in [1.807, 2.05) is 11.8 Å². The highest BCUT2D eigenvalue weighted by atomic mass is 32.2. The number of fused-ring (bicyclic) bond motifs is 1. The fourth-order valence-electron chi connectivity index (χ4n) is 3.31. The maximum atomic E-state index is 12.5. The summed E-state index contributed by atoms with van der Waals surface area (Å²) in [5.74, 6) is 2.10. The minimum atomic E-state index is -0.0119. The van der Waals surface area contributed by atoms with Crippen molar-refractivity contribution in [2.75, 3.05) is 18.6 Å². The molecule has 3 nitrogen and oxygen atoms in total. The zero-order valence-corrected chi connectivity index (χ0v) is 16.6. The molecule has 0 unspecified atom stereocenters. The first-order valence-electron chi connectivity index (χ1n) is 8.33. The van der Waals surface area contributed by atoms with E-state index < -0.39 is 0 Å². The minimum absolute atomic E-state index is 0.0119. The third kappa shape index (κ3) is 2.93. The van der Waals surface area contributed by atoms with Gasteiger partial charge >= 0.3 is 0 Å². The Kier molecular flexibility index (Phi) is 4.85. The van der Waals surface area contributed by atoms with Gasteiger partial charge in [-0.1, -0.05) is 26.8 Å². The van der Waals surface area contributed by atoms with E-state index in [1.165, 1.54) is 26.6 Å². The summed E-state index contributed by atoms with van der Waals surface area (Å²) >= 11 is 3.71. The van der Waals surface area contributed by atoms with Crippen LogP contribution in [0.15, 0.2) is 27.7 Å². The Morgan fingerprint density at radius 2 is 2.17 bits per heavy atom. The molecule has 0 saturated heterocycles. The molecule has 0 atom stereocenters. The molecule has 128 valence electrons. The first-order chi connectivity index (χ1) is 11.4. The Bertz CT molecular complexity index is 750. The van der Waals surface area contributed by atoms with Crippen LogP contribution in [-0.2, 0) is 10.2 Å². The second kappa shape index (κ2) is 6.60. The van der Waals surface area contributed by atoms with Crippen LogP contribution in [-0.4, -0.2) is 35.7 Å². The van der Waals surface area contributed by atoms with Crippen LogP contribution in [0.1, 0.15) is 43.9 Å². The maximum Gasteiger partial charge on any atom is 0.276 e. The molecular formula is C19H24N2OS2. The van der Waals surface area contributed by atoms with Crippen LogP contribution in [0.25, 0.3) is 4.91 Å². The number of amides is 1. The fraction of sp³-hybridized carbons (Fsp3) is 0.474. The van der Waals surface area contributed by atoms with Gasteiger partial charge in [0.1, 0.15) is 0 Å². The molecule has 0 bridgehead atoms. The minimum Gasteiger partial charge on any atom is -0.267 e. The number of carbonyl (C=O) groups excluding carboxylic acids is 1. The maximum absolute atomic E-state index is 12.5. The third-order valence-electron chi connectivity index (χ3n) is 4.52. The van der Waals surface area contributed by atoms with Crippen molar-refractivity contribution >= 4 is 40.6 Å². The van der Waals surface area contributed by atoms with Gasteiger partial charge in [-0.25, -0.2) is 5.01 Å². The van der Waals surface area contributed by atoms with E-state index in [0.29, 0.717) is 0 Å².